The molecule has 28 heavy (non-hydrogen) atoms. The molecule has 0 radical (unpaired) electrons. The van der Waals surface area contributed by atoms with Gasteiger partial charge in [-0.1, -0.05) is 29.8 Å². The number of anilines is 1. The van der Waals surface area contributed by atoms with Crippen molar-refractivity contribution in [2.45, 2.75) is 0 Å². The zero-order valence-corrected chi connectivity index (χ0v) is 15.5. The topological polar surface area (TPSA) is 88.9 Å². The van der Waals surface area contributed by atoms with Gasteiger partial charge in [0.15, 0.2) is 0 Å². The Bertz CT molecular complexity index is 1300. The second kappa shape index (κ2) is 6.86. The average Bonchev–Trinajstić information content (AvgIpc) is 3.01. The molecule has 0 saturated carbocycles. The monoisotopic (exact) mass is 394 g/mol. The summed E-state index contributed by atoms with van der Waals surface area (Å²) in [6.45, 7) is 0. The standard InChI is InChI=1S/C20H15ClN4O3/c1-24-11-15(18(26)22-13-9-7-12(21)8-10-13)16-17(24)19(27)25(20(28)23-16)14-5-3-2-4-6-14/h2-11H,1H3,(H,22,26)(H,23,28). The Balaban J connectivity index is 1.84. The molecule has 4 rings (SSSR count). The van der Waals surface area contributed by atoms with E-state index < -0.39 is 17.2 Å². The smallest absolute Gasteiger partial charge is 0.333 e. The van der Waals surface area contributed by atoms with Crippen molar-refractivity contribution < 1.29 is 4.79 Å². The first-order valence-corrected chi connectivity index (χ1v) is 8.80. The summed E-state index contributed by atoms with van der Waals surface area (Å²) in [6, 6.07) is 15.2. The van der Waals surface area contributed by atoms with Crippen LogP contribution in [0, 0.1) is 0 Å². The maximum absolute atomic E-state index is 13.0. The maximum atomic E-state index is 13.0. The van der Waals surface area contributed by atoms with E-state index in [1.807, 2.05) is 0 Å². The minimum atomic E-state index is -0.615. The van der Waals surface area contributed by atoms with E-state index in [9.17, 15) is 14.4 Å². The van der Waals surface area contributed by atoms with Gasteiger partial charge in [0.2, 0.25) is 0 Å². The molecule has 4 aromatic rings. The van der Waals surface area contributed by atoms with Crippen LogP contribution in [-0.4, -0.2) is 20.0 Å². The number of nitrogens with zero attached hydrogens (tertiary/aromatic N) is 2. The molecule has 2 heterocycles. The van der Waals surface area contributed by atoms with Crippen LogP contribution in [0.25, 0.3) is 16.7 Å². The Labute approximate surface area is 163 Å². The molecule has 8 heteroatoms. The molecule has 0 fully saturated rings. The lowest BCUT2D eigenvalue weighted by molar-refractivity contribution is 0.102. The molecule has 0 unspecified atom stereocenters. The van der Waals surface area contributed by atoms with Crippen LogP contribution in [0.5, 0.6) is 0 Å². The molecule has 7 nitrogen and oxygen atoms in total. The molecule has 0 atom stereocenters. The van der Waals surface area contributed by atoms with Crippen LogP contribution >= 0.6 is 11.6 Å². The van der Waals surface area contributed by atoms with Gasteiger partial charge >= 0.3 is 5.69 Å². The second-order valence-electron chi connectivity index (χ2n) is 6.24. The molecule has 140 valence electrons. The van der Waals surface area contributed by atoms with Crippen LogP contribution in [0.1, 0.15) is 10.4 Å². The number of carbonyl (C=O) groups is 1. The third kappa shape index (κ3) is 3.01. The summed E-state index contributed by atoms with van der Waals surface area (Å²) in [7, 11) is 1.65. The van der Waals surface area contributed by atoms with Gasteiger partial charge in [0.1, 0.15) is 5.52 Å². The van der Waals surface area contributed by atoms with Crippen LogP contribution in [0.2, 0.25) is 5.02 Å². The summed E-state index contributed by atoms with van der Waals surface area (Å²) in [5.74, 6) is -0.444. The SMILES string of the molecule is Cn1cc(C(=O)Nc2ccc(Cl)cc2)c2[nH]c(=O)n(-c3ccccc3)c(=O)c21. The van der Waals surface area contributed by atoms with Crippen molar-refractivity contribution in [3.63, 3.8) is 0 Å². The van der Waals surface area contributed by atoms with Crippen molar-refractivity contribution >= 4 is 34.2 Å². The summed E-state index contributed by atoms with van der Waals surface area (Å²) in [4.78, 5) is 40.9. The Morgan fingerprint density at radius 2 is 1.71 bits per heavy atom. The van der Waals surface area contributed by atoms with E-state index in [2.05, 4.69) is 10.3 Å². The van der Waals surface area contributed by atoms with Crippen molar-refractivity contribution in [3.8, 4) is 5.69 Å². The van der Waals surface area contributed by atoms with Crippen molar-refractivity contribution in [1.82, 2.24) is 14.1 Å². The number of nitrogens with one attached hydrogen (secondary N) is 2. The molecule has 0 bridgehead atoms. The van der Waals surface area contributed by atoms with Gasteiger partial charge in [0.25, 0.3) is 11.5 Å². The lowest BCUT2D eigenvalue weighted by atomic mass is 10.2. The molecule has 2 aromatic carbocycles. The summed E-state index contributed by atoms with van der Waals surface area (Å²) >= 11 is 5.85. The number of aromatic amines is 1. The molecule has 0 spiro atoms. The van der Waals surface area contributed by atoms with E-state index in [-0.39, 0.29) is 16.6 Å². The molecule has 0 aliphatic rings. The van der Waals surface area contributed by atoms with Gasteiger partial charge in [-0.15, -0.1) is 0 Å². The van der Waals surface area contributed by atoms with E-state index in [0.29, 0.717) is 16.4 Å². The van der Waals surface area contributed by atoms with Crippen molar-refractivity contribution in [3.05, 3.63) is 92.2 Å². The molecule has 0 aliphatic heterocycles. The highest BCUT2D eigenvalue weighted by Gasteiger charge is 2.20. The number of fused-ring (bicyclic) bond motifs is 1. The number of aryl methyl sites for hydroxylation is 1. The van der Waals surface area contributed by atoms with Crippen LogP contribution < -0.4 is 16.6 Å². The van der Waals surface area contributed by atoms with Gasteiger partial charge in [-0.3, -0.25) is 9.59 Å². The fourth-order valence-corrected chi connectivity index (χ4v) is 3.21. The van der Waals surface area contributed by atoms with Gasteiger partial charge in [-0.25, -0.2) is 9.36 Å². The highest BCUT2D eigenvalue weighted by Crippen LogP contribution is 2.18. The van der Waals surface area contributed by atoms with Crippen LogP contribution in [0.4, 0.5) is 5.69 Å². The van der Waals surface area contributed by atoms with Gasteiger partial charge < -0.3 is 14.9 Å². The third-order valence-corrected chi connectivity index (χ3v) is 4.64. The van der Waals surface area contributed by atoms with Crippen molar-refractivity contribution in [2.24, 2.45) is 7.05 Å². The van der Waals surface area contributed by atoms with Crippen molar-refractivity contribution in [2.75, 3.05) is 5.32 Å². The fourth-order valence-electron chi connectivity index (χ4n) is 3.09. The maximum Gasteiger partial charge on any atom is 0.333 e. The number of carbonyl (C=O) groups excluding carboxylic acids is 1. The average molecular weight is 395 g/mol. The number of aromatic nitrogens is 3. The first-order valence-electron chi connectivity index (χ1n) is 8.42. The third-order valence-electron chi connectivity index (χ3n) is 4.38. The van der Waals surface area contributed by atoms with E-state index in [0.717, 1.165) is 4.57 Å². The highest BCUT2D eigenvalue weighted by molar-refractivity contribution is 6.30. The quantitative estimate of drug-likeness (QED) is 0.560. The van der Waals surface area contributed by atoms with Crippen LogP contribution in [-0.2, 0) is 7.05 Å². The first kappa shape index (κ1) is 17.8. The number of amides is 1. The van der Waals surface area contributed by atoms with E-state index in [1.165, 1.54) is 10.8 Å². The second-order valence-corrected chi connectivity index (χ2v) is 6.68. The molecule has 0 saturated heterocycles. The lowest BCUT2D eigenvalue weighted by Crippen LogP contribution is -2.34. The number of rotatable bonds is 3. The fraction of sp³-hybridized carbons (Fsp3) is 0.0500. The summed E-state index contributed by atoms with van der Waals surface area (Å²) in [5.41, 5.74) is 0.492. The molecular formula is C20H15ClN4O3. The van der Waals surface area contributed by atoms with Gasteiger partial charge in [-0.2, -0.15) is 0 Å². The molecule has 0 aliphatic carbocycles. The number of benzene rings is 2. The van der Waals surface area contributed by atoms with E-state index >= 15 is 0 Å². The van der Waals surface area contributed by atoms with Gasteiger partial charge in [0.05, 0.1) is 16.8 Å². The number of halogens is 1. The summed E-state index contributed by atoms with van der Waals surface area (Å²) in [5, 5.41) is 3.28. The van der Waals surface area contributed by atoms with Crippen molar-refractivity contribution in [1.29, 1.82) is 0 Å². The predicted molar refractivity (Wildman–Crippen MR) is 109 cm³/mol. The predicted octanol–water partition coefficient (Wildman–Crippen LogP) is 2.92. The molecule has 2 aromatic heterocycles. The zero-order chi connectivity index (χ0) is 19.8. The van der Waals surface area contributed by atoms with Gasteiger partial charge in [-0.05, 0) is 36.4 Å². The largest absolute Gasteiger partial charge is 0.344 e. The van der Waals surface area contributed by atoms with Gasteiger partial charge in [0, 0.05) is 24.0 Å². The van der Waals surface area contributed by atoms with E-state index in [1.54, 1.807) is 61.6 Å². The minimum Gasteiger partial charge on any atom is -0.344 e. The summed E-state index contributed by atoms with van der Waals surface area (Å²) < 4.78 is 2.58. The normalized spacial score (nSPS) is 10.9. The number of H-pyrrole nitrogens is 1. The number of hydrogen-bond donors (Lipinski definition) is 2. The molecule has 1 amide bonds. The Kier molecular flexibility index (Phi) is 4.37. The molecular weight excluding hydrogens is 380 g/mol. The van der Waals surface area contributed by atoms with E-state index in [4.69, 9.17) is 11.6 Å². The Morgan fingerprint density at radius 3 is 2.39 bits per heavy atom. The number of para-hydroxylation sites is 1. The highest BCUT2D eigenvalue weighted by atomic mass is 35.5. The van der Waals surface area contributed by atoms with Crippen LogP contribution in [0.15, 0.2) is 70.4 Å². The zero-order valence-electron chi connectivity index (χ0n) is 14.8. The number of hydrogen-bond acceptors (Lipinski definition) is 3. The summed E-state index contributed by atoms with van der Waals surface area (Å²) in [6.07, 6.45) is 1.52. The van der Waals surface area contributed by atoms with Crippen LogP contribution in [0.3, 0.4) is 0 Å². The minimum absolute atomic E-state index is 0.191. The Hall–Kier alpha value is -3.58. The lowest BCUT2D eigenvalue weighted by Gasteiger charge is -2.06. The molecule has 2 N–H and O–H groups in total. The first-order chi connectivity index (χ1) is 13.5. The Morgan fingerprint density at radius 1 is 1.04 bits per heavy atom.